The molecular formula is C24H40O3S. The smallest absolute Gasteiger partial charge is 0.266 e. The van der Waals surface area contributed by atoms with Crippen LogP contribution in [0, 0.1) is 0 Å². The monoisotopic (exact) mass is 408 g/mol. The Hall–Kier alpha value is -1.13. The largest absolute Gasteiger partial charge is 0.296 e. The maximum atomic E-state index is 12.0. The first-order valence-electron chi connectivity index (χ1n) is 11.3. The Balaban J connectivity index is 1.87. The molecular weight excluding hydrogens is 368 g/mol. The van der Waals surface area contributed by atoms with E-state index in [9.17, 15) is 8.42 Å². The topological polar surface area (TPSA) is 43.4 Å². The minimum atomic E-state index is -3.59. The van der Waals surface area contributed by atoms with Crippen molar-refractivity contribution in [1.29, 1.82) is 0 Å². The second-order valence-corrected chi connectivity index (χ2v) is 9.14. The zero-order valence-corrected chi connectivity index (χ0v) is 18.6. The maximum absolute atomic E-state index is 12.0. The Morgan fingerprint density at radius 1 is 0.714 bits per heavy atom. The number of benzene rings is 1. The Bertz CT molecular complexity index is 594. The van der Waals surface area contributed by atoms with E-state index in [0.717, 1.165) is 19.3 Å². The van der Waals surface area contributed by atoms with Crippen LogP contribution in [0.1, 0.15) is 96.8 Å². The molecule has 0 saturated carbocycles. The molecule has 0 aromatic heterocycles. The summed E-state index contributed by atoms with van der Waals surface area (Å²) in [5.74, 6) is 0. The predicted molar refractivity (Wildman–Crippen MR) is 119 cm³/mol. The predicted octanol–water partition coefficient (Wildman–Crippen LogP) is 7.43. The molecule has 28 heavy (non-hydrogen) atoms. The van der Waals surface area contributed by atoms with Gasteiger partial charge in [-0.2, -0.15) is 8.42 Å². The summed E-state index contributed by atoms with van der Waals surface area (Å²) >= 11 is 0. The van der Waals surface area contributed by atoms with Crippen molar-refractivity contribution in [2.75, 3.05) is 6.61 Å². The molecule has 0 N–H and O–H groups in total. The van der Waals surface area contributed by atoms with E-state index >= 15 is 0 Å². The molecule has 1 aromatic carbocycles. The molecule has 0 heterocycles. The third-order valence-electron chi connectivity index (χ3n) is 4.93. The van der Waals surface area contributed by atoms with Gasteiger partial charge in [-0.05, 0) is 44.2 Å². The lowest BCUT2D eigenvalue weighted by Gasteiger charge is -2.05. The van der Waals surface area contributed by atoms with E-state index in [0.29, 0.717) is 0 Å². The normalized spacial score (nSPS) is 12.0. The Labute approximate surface area is 173 Å². The second kappa shape index (κ2) is 16.8. The van der Waals surface area contributed by atoms with Crippen LogP contribution >= 0.6 is 0 Å². The summed E-state index contributed by atoms with van der Waals surface area (Å²) in [5.41, 5.74) is 0. The zero-order valence-electron chi connectivity index (χ0n) is 17.8. The Morgan fingerprint density at radius 3 is 1.79 bits per heavy atom. The first kappa shape index (κ1) is 24.9. The first-order chi connectivity index (χ1) is 13.7. The maximum Gasteiger partial charge on any atom is 0.296 e. The summed E-state index contributed by atoms with van der Waals surface area (Å²) in [7, 11) is -3.59. The fourth-order valence-corrected chi connectivity index (χ4v) is 4.14. The fraction of sp³-hybridized carbons (Fsp3) is 0.667. The highest BCUT2D eigenvalue weighted by molar-refractivity contribution is 7.86. The molecule has 0 spiro atoms. The van der Waals surface area contributed by atoms with E-state index in [2.05, 4.69) is 19.1 Å². The standard InChI is InChI=1S/C24H40O3S/c1-2-3-4-5-6-7-8-9-10-11-12-13-14-15-16-20-23-27-28(25,26)24-21-18-17-19-22-24/h9-10,17-19,21-22H,2-8,11-16,20,23H2,1H3. The van der Waals surface area contributed by atoms with Crippen molar-refractivity contribution < 1.29 is 12.6 Å². The molecule has 0 aliphatic heterocycles. The number of rotatable bonds is 18. The van der Waals surface area contributed by atoms with Gasteiger partial charge in [-0.1, -0.05) is 95.1 Å². The van der Waals surface area contributed by atoms with Crippen molar-refractivity contribution >= 4 is 10.1 Å². The van der Waals surface area contributed by atoms with Crippen molar-refractivity contribution in [2.24, 2.45) is 0 Å². The van der Waals surface area contributed by atoms with Gasteiger partial charge in [-0.15, -0.1) is 0 Å². The van der Waals surface area contributed by atoms with Gasteiger partial charge >= 0.3 is 0 Å². The molecule has 1 rings (SSSR count). The fourth-order valence-electron chi connectivity index (χ4n) is 3.17. The van der Waals surface area contributed by atoms with Crippen LogP contribution in [0.5, 0.6) is 0 Å². The van der Waals surface area contributed by atoms with Gasteiger partial charge in [-0.25, -0.2) is 0 Å². The highest BCUT2D eigenvalue weighted by Crippen LogP contribution is 2.13. The summed E-state index contributed by atoms with van der Waals surface area (Å²) in [5, 5.41) is 0. The molecule has 0 amide bonds. The van der Waals surface area contributed by atoms with Crippen LogP contribution in [0.3, 0.4) is 0 Å². The van der Waals surface area contributed by atoms with E-state index in [4.69, 9.17) is 4.18 Å². The molecule has 1 aromatic rings. The average Bonchev–Trinajstić information content (AvgIpc) is 2.71. The van der Waals surface area contributed by atoms with Gasteiger partial charge in [0.15, 0.2) is 0 Å². The van der Waals surface area contributed by atoms with Gasteiger partial charge in [0, 0.05) is 0 Å². The quantitative estimate of drug-likeness (QED) is 0.144. The van der Waals surface area contributed by atoms with E-state index in [1.54, 1.807) is 30.3 Å². The molecule has 3 nitrogen and oxygen atoms in total. The van der Waals surface area contributed by atoms with Crippen molar-refractivity contribution in [2.45, 2.75) is 102 Å². The van der Waals surface area contributed by atoms with Crippen LogP contribution in [0.2, 0.25) is 0 Å². The minimum absolute atomic E-state index is 0.236. The van der Waals surface area contributed by atoms with Gasteiger partial charge in [-0.3, -0.25) is 4.18 Å². The molecule has 0 saturated heterocycles. The van der Waals surface area contributed by atoms with Crippen molar-refractivity contribution in [1.82, 2.24) is 0 Å². The lowest BCUT2D eigenvalue weighted by Crippen LogP contribution is -2.07. The molecule has 0 atom stereocenters. The summed E-state index contributed by atoms with van der Waals surface area (Å²) in [6, 6.07) is 8.35. The molecule has 0 fully saturated rings. The molecule has 4 heteroatoms. The molecule has 0 unspecified atom stereocenters. The SMILES string of the molecule is CCCCCCCCC=CCCCCCCCCOS(=O)(=O)c1ccccc1. The number of hydrogen-bond donors (Lipinski definition) is 0. The van der Waals surface area contributed by atoms with E-state index in [1.165, 1.54) is 70.6 Å². The summed E-state index contributed by atoms with van der Waals surface area (Å²) in [6.07, 6.45) is 22.0. The highest BCUT2D eigenvalue weighted by atomic mass is 32.2. The van der Waals surface area contributed by atoms with Gasteiger partial charge in [0.25, 0.3) is 10.1 Å². The second-order valence-electron chi connectivity index (χ2n) is 7.53. The number of allylic oxidation sites excluding steroid dienone is 2. The molecule has 160 valence electrons. The zero-order chi connectivity index (χ0) is 20.3. The lowest BCUT2D eigenvalue weighted by molar-refractivity contribution is 0.306. The highest BCUT2D eigenvalue weighted by Gasteiger charge is 2.13. The van der Waals surface area contributed by atoms with E-state index in [1.807, 2.05) is 0 Å². The number of unbranched alkanes of at least 4 members (excludes halogenated alkanes) is 12. The van der Waals surface area contributed by atoms with E-state index in [-0.39, 0.29) is 11.5 Å². The van der Waals surface area contributed by atoms with Gasteiger partial charge in [0.2, 0.25) is 0 Å². The van der Waals surface area contributed by atoms with E-state index < -0.39 is 10.1 Å². The van der Waals surface area contributed by atoms with Crippen LogP contribution in [-0.2, 0) is 14.3 Å². The van der Waals surface area contributed by atoms with Crippen molar-refractivity contribution in [3.05, 3.63) is 42.5 Å². The van der Waals surface area contributed by atoms with Gasteiger partial charge in [0.05, 0.1) is 11.5 Å². The van der Waals surface area contributed by atoms with Crippen LogP contribution < -0.4 is 0 Å². The molecule has 0 aliphatic rings. The van der Waals surface area contributed by atoms with Crippen LogP contribution in [0.4, 0.5) is 0 Å². The van der Waals surface area contributed by atoms with Crippen LogP contribution in [0.15, 0.2) is 47.4 Å². The lowest BCUT2D eigenvalue weighted by atomic mass is 10.1. The molecule has 0 bridgehead atoms. The summed E-state index contributed by atoms with van der Waals surface area (Å²) in [4.78, 5) is 0.236. The van der Waals surface area contributed by atoms with Gasteiger partial charge < -0.3 is 0 Å². The van der Waals surface area contributed by atoms with Crippen LogP contribution in [0.25, 0.3) is 0 Å². The Kier molecular flexibility index (Phi) is 14.9. The molecule has 0 radical (unpaired) electrons. The van der Waals surface area contributed by atoms with Crippen LogP contribution in [-0.4, -0.2) is 15.0 Å². The van der Waals surface area contributed by atoms with Gasteiger partial charge in [0.1, 0.15) is 0 Å². The molecule has 0 aliphatic carbocycles. The van der Waals surface area contributed by atoms with Crippen molar-refractivity contribution in [3.8, 4) is 0 Å². The average molecular weight is 409 g/mol. The van der Waals surface area contributed by atoms with Crippen molar-refractivity contribution in [3.63, 3.8) is 0 Å². The third kappa shape index (κ3) is 13.1. The Morgan fingerprint density at radius 2 is 1.21 bits per heavy atom. The first-order valence-corrected chi connectivity index (χ1v) is 12.7. The minimum Gasteiger partial charge on any atom is -0.266 e. The summed E-state index contributed by atoms with van der Waals surface area (Å²) in [6.45, 7) is 2.54. The summed E-state index contributed by atoms with van der Waals surface area (Å²) < 4.78 is 29.0. The third-order valence-corrected chi connectivity index (χ3v) is 6.25. The number of hydrogen-bond acceptors (Lipinski definition) is 3.